The Balaban J connectivity index is 1.94. The van der Waals surface area contributed by atoms with E-state index in [-0.39, 0.29) is 17.7 Å². The molecule has 0 bridgehead atoms. The van der Waals surface area contributed by atoms with Gasteiger partial charge in [0.05, 0.1) is 12.6 Å². The number of nitrogens with one attached hydrogen (secondary N) is 1. The van der Waals surface area contributed by atoms with Gasteiger partial charge < -0.3 is 10.4 Å². The Kier molecular flexibility index (Phi) is 5.77. The van der Waals surface area contributed by atoms with Crippen molar-refractivity contribution in [3.05, 3.63) is 35.4 Å². The number of nitrogens with zero attached hydrogens (tertiary/aromatic N) is 2. The summed E-state index contributed by atoms with van der Waals surface area (Å²) in [7, 11) is 0. The van der Waals surface area contributed by atoms with Gasteiger partial charge in [0.2, 0.25) is 5.91 Å². The van der Waals surface area contributed by atoms with E-state index in [0.29, 0.717) is 5.17 Å². The maximum Gasteiger partial charge on any atom is 0.305 e. The fourth-order valence-corrected chi connectivity index (χ4v) is 3.14. The van der Waals surface area contributed by atoms with Crippen molar-refractivity contribution in [1.82, 2.24) is 5.32 Å². The van der Waals surface area contributed by atoms with E-state index in [1.54, 1.807) is 6.21 Å². The smallest absolute Gasteiger partial charge is 0.305 e. The first-order valence-corrected chi connectivity index (χ1v) is 8.50. The van der Waals surface area contributed by atoms with Crippen LogP contribution in [-0.2, 0) is 16.0 Å². The average molecular weight is 347 g/mol. The number of aliphatic carboxylic acids is 1. The number of carboxylic acids is 1. The first-order chi connectivity index (χ1) is 11.2. The summed E-state index contributed by atoms with van der Waals surface area (Å²) in [6.45, 7) is 6.59. The second-order valence-electron chi connectivity index (χ2n) is 6.82. The van der Waals surface area contributed by atoms with Gasteiger partial charge in [-0.05, 0) is 23.0 Å². The lowest BCUT2D eigenvalue weighted by molar-refractivity contribution is -0.138. The first-order valence-electron chi connectivity index (χ1n) is 7.62. The average Bonchev–Trinajstić information content (AvgIpc) is 2.79. The largest absolute Gasteiger partial charge is 0.481 e. The van der Waals surface area contributed by atoms with Gasteiger partial charge in [-0.15, -0.1) is 5.10 Å². The van der Waals surface area contributed by atoms with Gasteiger partial charge in [-0.3, -0.25) is 9.59 Å². The van der Waals surface area contributed by atoms with Crippen molar-refractivity contribution in [2.45, 2.75) is 38.9 Å². The highest BCUT2D eigenvalue weighted by atomic mass is 32.2. The minimum Gasteiger partial charge on any atom is -0.481 e. The number of amidine groups is 1. The molecule has 1 fully saturated rings. The van der Waals surface area contributed by atoms with Crippen molar-refractivity contribution in [3.8, 4) is 0 Å². The van der Waals surface area contributed by atoms with E-state index >= 15 is 0 Å². The number of amides is 1. The molecule has 1 amide bonds. The van der Waals surface area contributed by atoms with E-state index in [0.717, 1.165) is 23.7 Å². The third-order valence-electron chi connectivity index (χ3n) is 3.21. The van der Waals surface area contributed by atoms with Crippen molar-refractivity contribution in [1.29, 1.82) is 0 Å². The van der Waals surface area contributed by atoms with Crippen LogP contribution in [0.4, 0.5) is 0 Å². The molecule has 1 unspecified atom stereocenters. The zero-order valence-corrected chi connectivity index (χ0v) is 14.8. The molecule has 1 atom stereocenters. The molecule has 6 nitrogen and oxygen atoms in total. The topological polar surface area (TPSA) is 91.1 Å². The van der Waals surface area contributed by atoms with Crippen LogP contribution in [0.5, 0.6) is 0 Å². The number of benzene rings is 1. The van der Waals surface area contributed by atoms with Crippen LogP contribution < -0.4 is 5.32 Å². The summed E-state index contributed by atoms with van der Waals surface area (Å²) in [4.78, 5) is 22.2. The second-order valence-corrected chi connectivity index (χ2v) is 8.01. The van der Waals surface area contributed by atoms with Gasteiger partial charge in [0.1, 0.15) is 5.25 Å². The molecule has 128 valence electrons. The highest BCUT2D eigenvalue weighted by Gasteiger charge is 2.32. The molecule has 0 spiro atoms. The molecule has 2 N–H and O–H groups in total. The Bertz CT molecular complexity index is 675. The highest BCUT2D eigenvalue weighted by Crippen LogP contribution is 2.22. The summed E-state index contributed by atoms with van der Waals surface area (Å²) in [5, 5.41) is 18.8. The summed E-state index contributed by atoms with van der Waals surface area (Å²) in [5.41, 5.74) is 2.42. The van der Waals surface area contributed by atoms with Crippen LogP contribution in [0.15, 0.2) is 34.5 Å². The molecule has 7 heteroatoms. The highest BCUT2D eigenvalue weighted by molar-refractivity contribution is 8.15. The van der Waals surface area contributed by atoms with Crippen LogP contribution in [0, 0.1) is 5.41 Å². The Hall–Kier alpha value is -2.15. The predicted octanol–water partition coefficient (Wildman–Crippen LogP) is 2.67. The first kappa shape index (κ1) is 18.2. The molecular formula is C17H21N3O3S. The number of carboxylic acid groups (broad SMARTS) is 1. The third kappa shape index (κ3) is 5.81. The molecule has 1 heterocycles. The Morgan fingerprint density at radius 1 is 1.33 bits per heavy atom. The van der Waals surface area contributed by atoms with E-state index in [4.69, 9.17) is 5.11 Å². The summed E-state index contributed by atoms with van der Waals surface area (Å²) >= 11 is 1.09. The van der Waals surface area contributed by atoms with Crippen molar-refractivity contribution in [3.63, 3.8) is 0 Å². The molecule has 0 saturated carbocycles. The minimum atomic E-state index is -1.01. The molecular weight excluding hydrogens is 326 g/mol. The second kappa shape index (κ2) is 7.61. The Labute approximate surface area is 145 Å². The molecule has 1 aromatic rings. The molecule has 1 saturated heterocycles. The lowest BCUT2D eigenvalue weighted by Crippen LogP contribution is -2.26. The number of carbonyl (C=O) groups excluding carboxylic acids is 1. The van der Waals surface area contributed by atoms with Gasteiger partial charge in [-0.1, -0.05) is 56.8 Å². The lowest BCUT2D eigenvalue weighted by atomic mass is 9.88. The monoisotopic (exact) mass is 347 g/mol. The number of hydrogen-bond acceptors (Lipinski definition) is 5. The Morgan fingerprint density at radius 2 is 2.00 bits per heavy atom. The van der Waals surface area contributed by atoms with Gasteiger partial charge in [-0.2, -0.15) is 5.10 Å². The third-order valence-corrected chi connectivity index (χ3v) is 4.28. The fraction of sp³-hybridized carbons (Fsp3) is 0.412. The number of thioether (sulfide) groups is 1. The summed E-state index contributed by atoms with van der Waals surface area (Å²) in [6.07, 6.45) is 2.37. The van der Waals surface area contributed by atoms with Crippen molar-refractivity contribution >= 4 is 35.0 Å². The van der Waals surface area contributed by atoms with E-state index in [2.05, 4.69) is 48.4 Å². The quantitative estimate of drug-likeness (QED) is 0.633. The molecule has 0 aromatic heterocycles. The van der Waals surface area contributed by atoms with E-state index in [9.17, 15) is 9.59 Å². The summed E-state index contributed by atoms with van der Waals surface area (Å²) in [6, 6.07) is 8.07. The van der Waals surface area contributed by atoms with Crippen LogP contribution >= 0.6 is 11.8 Å². The molecule has 24 heavy (non-hydrogen) atoms. The van der Waals surface area contributed by atoms with Crippen molar-refractivity contribution in [2.24, 2.45) is 15.6 Å². The number of rotatable bonds is 5. The van der Waals surface area contributed by atoms with Crippen LogP contribution in [0.25, 0.3) is 0 Å². The molecule has 0 radical (unpaired) electrons. The van der Waals surface area contributed by atoms with Crippen LogP contribution in [0.3, 0.4) is 0 Å². The standard InChI is InChI=1S/C17H21N3O3S/c1-17(2,3)9-11-4-6-12(7-5-11)10-18-20-16-19-15(23)13(24-16)8-14(21)22/h4-7,10,13H,8-9H2,1-3H3,(H,21,22)(H,19,20,23)/b18-10+. The Morgan fingerprint density at radius 3 is 2.58 bits per heavy atom. The van der Waals surface area contributed by atoms with E-state index in [1.165, 1.54) is 5.56 Å². The van der Waals surface area contributed by atoms with Gasteiger partial charge in [-0.25, -0.2) is 0 Å². The summed E-state index contributed by atoms with van der Waals surface area (Å²) in [5.74, 6) is -1.36. The zero-order chi connectivity index (χ0) is 17.7. The van der Waals surface area contributed by atoms with Crippen molar-refractivity contribution < 1.29 is 14.7 Å². The van der Waals surface area contributed by atoms with E-state index in [1.807, 2.05) is 12.1 Å². The normalized spacial score (nSPS) is 19.9. The maximum absolute atomic E-state index is 11.6. The molecule has 1 aliphatic heterocycles. The van der Waals surface area contributed by atoms with Gasteiger partial charge in [0.15, 0.2) is 5.17 Å². The zero-order valence-electron chi connectivity index (χ0n) is 13.9. The van der Waals surface area contributed by atoms with Gasteiger partial charge >= 0.3 is 5.97 Å². The summed E-state index contributed by atoms with van der Waals surface area (Å²) < 4.78 is 0. The van der Waals surface area contributed by atoms with Gasteiger partial charge in [0, 0.05) is 0 Å². The van der Waals surface area contributed by atoms with Crippen LogP contribution in [-0.4, -0.2) is 33.6 Å². The molecule has 1 aliphatic rings. The minimum absolute atomic E-state index is 0.228. The van der Waals surface area contributed by atoms with E-state index < -0.39 is 11.2 Å². The molecule has 2 rings (SSSR count). The number of carbonyl (C=O) groups is 2. The van der Waals surface area contributed by atoms with Crippen LogP contribution in [0.1, 0.15) is 38.3 Å². The molecule has 0 aliphatic carbocycles. The SMILES string of the molecule is CC(C)(C)Cc1ccc(/C=N/N=C2\NC(=O)C(CC(=O)O)S2)cc1. The fourth-order valence-electron chi connectivity index (χ4n) is 2.23. The number of hydrogen-bond donors (Lipinski definition) is 2. The van der Waals surface area contributed by atoms with Crippen molar-refractivity contribution in [2.75, 3.05) is 0 Å². The lowest BCUT2D eigenvalue weighted by Gasteiger charge is -2.17. The van der Waals surface area contributed by atoms with Gasteiger partial charge in [0.25, 0.3) is 0 Å². The maximum atomic E-state index is 11.6. The predicted molar refractivity (Wildman–Crippen MR) is 96.4 cm³/mol. The molecule has 1 aromatic carbocycles. The van der Waals surface area contributed by atoms with Crippen LogP contribution in [0.2, 0.25) is 0 Å².